The topological polar surface area (TPSA) is 71.5 Å². The van der Waals surface area contributed by atoms with Crippen molar-refractivity contribution in [3.8, 4) is 5.75 Å². The molecule has 1 aromatic heterocycles. The van der Waals surface area contributed by atoms with Gasteiger partial charge in [0.1, 0.15) is 5.75 Å². The molecule has 6 heteroatoms. The smallest absolute Gasteiger partial charge is 0.270 e. The van der Waals surface area contributed by atoms with Crippen molar-refractivity contribution in [2.45, 2.75) is 31.8 Å². The average molecular weight is 365 g/mol. The molecule has 0 fully saturated rings. The predicted molar refractivity (Wildman–Crippen MR) is 105 cm³/mol. The molecule has 4 rings (SSSR count). The maximum Gasteiger partial charge on any atom is 0.270 e. The van der Waals surface area contributed by atoms with Gasteiger partial charge in [-0.2, -0.15) is 0 Å². The molecule has 0 saturated heterocycles. The van der Waals surface area contributed by atoms with Crippen LogP contribution in [0.5, 0.6) is 5.75 Å². The maximum atomic E-state index is 11.1. The van der Waals surface area contributed by atoms with Gasteiger partial charge in [0.25, 0.3) is 5.69 Å². The first-order valence-electron chi connectivity index (χ1n) is 9.17. The second-order valence-electron chi connectivity index (χ2n) is 7.46. The second kappa shape index (κ2) is 6.70. The molecule has 0 radical (unpaired) electrons. The minimum Gasteiger partial charge on any atom is -0.508 e. The number of hydrogen-bond acceptors (Lipinski definition) is 4. The molecule has 1 aliphatic rings. The fraction of sp³-hybridized carbons (Fsp3) is 0.333. The summed E-state index contributed by atoms with van der Waals surface area (Å²) in [5.41, 5.74) is 4.33. The lowest BCUT2D eigenvalue weighted by Gasteiger charge is -2.29. The van der Waals surface area contributed by atoms with Crippen LogP contribution in [0.3, 0.4) is 0 Å². The molecule has 3 aromatic rings. The molecule has 1 unspecified atom stereocenters. The molecule has 0 amide bonds. The van der Waals surface area contributed by atoms with E-state index in [1.807, 2.05) is 6.07 Å². The number of non-ortho nitro benzene ring substituents is 1. The lowest BCUT2D eigenvalue weighted by molar-refractivity contribution is -0.384. The molecule has 2 aromatic carbocycles. The highest BCUT2D eigenvalue weighted by Crippen LogP contribution is 2.35. The lowest BCUT2D eigenvalue weighted by atomic mass is 9.91. The molecule has 1 N–H and O–H groups in total. The molecule has 27 heavy (non-hydrogen) atoms. The Bertz CT molecular complexity index is 1020. The summed E-state index contributed by atoms with van der Waals surface area (Å²) < 4.78 is 2.22. The van der Waals surface area contributed by atoms with Crippen LogP contribution in [0.2, 0.25) is 0 Å². The molecule has 0 bridgehead atoms. The number of likely N-dealkylation sites (N-methyl/N-ethyl adjacent to an activating group) is 1. The van der Waals surface area contributed by atoms with Gasteiger partial charge in [-0.3, -0.25) is 10.1 Å². The second-order valence-corrected chi connectivity index (χ2v) is 7.46. The molecular weight excluding hydrogens is 342 g/mol. The van der Waals surface area contributed by atoms with Gasteiger partial charge in [-0.05, 0) is 51.1 Å². The molecule has 1 aliphatic carbocycles. The number of nitrogens with zero attached hydrogens (tertiary/aromatic N) is 3. The van der Waals surface area contributed by atoms with Gasteiger partial charge in [-0.15, -0.1) is 0 Å². The maximum absolute atomic E-state index is 11.1. The SMILES string of the molecule is CN(C)C1CCc2c(c3ccccc3n2Cc2cc([N+](=O)[O-])ccc2O)C1. The van der Waals surface area contributed by atoms with Gasteiger partial charge in [0.15, 0.2) is 0 Å². The van der Waals surface area contributed by atoms with E-state index in [0.29, 0.717) is 18.2 Å². The standard InChI is InChI=1S/C21H23N3O3/c1-22(2)15-7-9-20-18(12-15)17-5-3-4-6-19(17)23(20)13-14-11-16(24(26)27)8-10-21(14)25/h3-6,8,10-11,15,25H,7,9,12-13H2,1-2H3. The highest BCUT2D eigenvalue weighted by atomic mass is 16.6. The van der Waals surface area contributed by atoms with Crippen molar-refractivity contribution >= 4 is 16.6 Å². The summed E-state index contributed by atoms with van der Waals surface area (Å²) in [4.78, 5) is 13.0. The number of nitro benzene ring substituents is 1. The highest BCUT2D eigenvalue weighted by molar-refractivity contribution is 5.86. The van der Waals surface area contributed by atoms with Crippen LogP contribution >= 0.6 is 0 Å². The van der Waals surface area contributed by atoms with Gasteiger partial charge in [-0.1, -0.05) is 18.2 Å². The largest absolute Gasteiger partial charge is 0.508 e. The van der Waals surface area contributed by atoms with Gasteiger partial charge in [0.05, 0.1) is 11.5 Å². The van der Waals surface area contributed by atoms with E-state index in [4.69, 9.17) is 0 Å². The number of benzene rings is 2. The third kappa shape index (κ3) is 3.06. The van der Waals surface area contributed by atoms with Crippen LogP contribution < -0.4 is 0 Å². The molecular formula is C21H23N3O3. The first kappa shape index (κ1) is 17.5. The highest BCUT2D eigenvalue weighted by Gasteiger charge is 2.26. The molecule has 0 spiro atoms. The number of phenols is 1. The number of rotatable bonds is 4. The summed E-state index contributed by atoms with van der Waals surface area (Å²) in [6.45, 7) is 0.427. The fourth-order valence-electron chi connectivity index (χ4n) is 4.19. The van der Waals surface area contributed by atoms with Crippen molar-refractivity contribution in [2.24, 2.45) is 0 Å². The van der Waals surface area contributed by atoms with Crippen molar-refractivity contribution in [3.63, 3.8) is 0 Å². The zero-order valence-electron chi connectivity index (χ0n) is 15.6. The van der Waals surface area contributed by atoms with Gasteiger partial charge in [0, 0.05) is 40.3 Å². The predicted octanol–water partition coefficient (Wildman–Crippen LogP) is 3.72. The first-order chi connectivity index (χ1) is 13.0. The molecule has 1 atom stereocenters. The first-order valence-corrected chi connectivity index (χ1v) is 9.17. The quantitative estimate of drug-likeness (QED) is 0.565. The van der Waals surface area contributed by atoms with Gasteiger partial charge >= 0.3 is 0 Å². The zero-order valence-corrected chi connectivity index (χ0v) is 15.6. The van der Waals surface area contributed by atoms with Crippen molar-refractivity contribution < 1.29 is 10.0 Å². The van der Waals surface area contributed by atoms with E-state index in [1.165, 1.54) is 34.8 Å². The van der Waals surface area contributed by atoms with Gasteiger partial charge in [-0.25, -0.2) is 0 Å². The Morgan fingerprint density at radius 2 is 2.04 bits per heavy atom. The Hall–Kier alpha value is -2.86. The number of aromatic nitrogens is 1. The van der Waals surface area contributed by atoms with E-state index in [0.717, 1.165) is 24.8 Å². The number of fused-ring (bicyclic) bond motifs is 3. The summed E-state index contributed by atoms with van der Waals surface area (Å²) in [6.07, 6.45) is 3.04. The van der Waals surface area contributed by atoms with Crippen LogP contribution in [0.4, 0.5) is 5.69 Å². The number of hydrogen-bond donors (Lipinski definition) is 1. The number of phenolic OH excluding ortho intramolecular Hbond substituents is 1. The van der Waals surface area contributed by atoms with E-state index in [9.17, 15) is 15.2 Å². The summed E-state index contributed by atoms with van der Waals surface area (Å²) in [5, 5.41) is 22.6. The van der Waals surface area contributed by atoms with E-state index in [2.05, 4.69) is 41.8 Å². The zero-order chi connectivity index (χ0) is 19.1. The number of aromatic hydroxyl groups is 1. The van der Waals surface area contributed by atoms with Crippen LogP contribution in [0.15, 0.2) is 42.5 Å². The van der Waals surface area contributed by atoms with Crippen LogP contribution in [-0.2, 0) is 19.4 Å². The van der Waals surface area contributed by atoms with Crippen LogP contribution in [0, 0.1) is 10.1 Å². The van der Waals surface area contributed by atoms with Crippen LogP contribution in [0.1, 0.15) is 23.2 Å². The van der Waals surface area contributed by atoms with E-state index in [1.54, 1.807) is 0 Å². The van der Waals surface area contributed by atoms with Gasteiger partial charge < -0.3 is 14.6 Å². The summed E-state index contributed by atoms with van der Waals surface area (Å²) in [6, 6.07) is 13.0. The van der Waals surface area contributed by atoms with Crippen molar-refractivity contribution in [1.82, 2.24) is 9.47 Å². The normalized spacial score (nSPS) is 16.6. The van der Waals surface area contributed by atoms with Crippen LogP contribution in [-0.4, -0.2) is 39.6 Å². The van der Waals surface area contributed by atoms with E-state index >= 15 is 0 Å². The number of para-hydroxylation sites is 1. The molecule has 140 valence electrons. The minimum atomic E-state index is -0.423. The summed E-state index contributed by atoms with van der Waals surface area (Å²) >= 11 is 0. The monoisotopic (exact) mass is 365 g/mol. The average Bonchev–Trinajstić information content (AvgIpc) is 2.96. The Morgan fingerprint density at radius 3 is 2.78 bits per heavy atom. The van der Waals surface area contributed by atoms with E-state index < -0.39 is 4.92 Å². The molecule has 6 nitrogen and oxygen atoms in total. The van der Waals surface area contributed by atoms with Crippen molar-refractivity contribution in [3.05, 3.63) is 69.4 Å². The van der Waals surface area contributed by atoms with Crippen molar-refractivity contribution in [2.75, 3.05) is 14.1 Å². The lowest BCUT2D eigenvalue weighted by Crippen LogP contribution is -2.33. The Labute approximate surface area is 157 Å². The minimum absolute atomic E-state index is 0.000742. The Balaban J connectivity index is 1.82. The van der Waals surface area contributed by atoms with Crippen LogP contribution in [0.25, 0.3) is 10.9 Å². The summed E-state index contributed by atoms with van der Waals surface area (Å²) in [5.74, 6) is 0.0918. The van der Waals surface area contributed by atoms with E-state index in [-0.39, 0.29) is 11.4 Å². The molecule has 0 aliphatic heterocycles. The Morgan fingerprint density at radius 1 is 1.26 bits per heavy atom. The van der Waals surface area contributed by atoms with Crippen molar-refractivity contribution in [1.29, 1.82) is 0 Å². The van der Waals surface area contributed by atoms with Gasteiger partial charge in [0.2, 0.25) is 0 Å². The third-order valence-electron chi connectivity index (χ3n) is 5.68. The molecule has 1 heterocycles. The summed E-state index contributed by atoms with van der Waals surface area (Å²) in [7, 11) is 4.24. The number of nitro groups is 1. The molecule has 0 saturated carbocycles. The Kier molecular flexibility index (Phi) is 4.36. The fourth-order valence-corrected chi connectivity index (χ4v) is 4.19. The third-order valence-corrected chi connectivity index (χ3v) is 5.68.